The minimum atomic E-state index is 0.0559. The van der Waals surface area contributed by atoms with Gasteiger partial charge in [-0.2, -0.15) is 0 Å². The predicted octanol–water partition coefficient (Wildman–Crippen LogP) is 3.89. The Balaban J connectivity index is 1.81. The number of carbonyl (C=O) groups excluding carboxylic acids is 1. The first kappa shape index (κ1) is 16.5. The van der Waals surface area contributed by atoms with Gasteiger partial charge in [0.15, 0.2) is 0 Å². The highest BCUT2D eigenvalue weighted by atomic mass is 79.9. The summed E-state index contributed by atoms with van der Waals surface area (Å²) in [5.74, 6) is 0.131. The molecular formula is C17H25BrN2O. The summed E-state index contributed by atoms with van der Waals surface area (Å²) < 4.78 is 1.06. The van der Waals surface area contributed by atoms with Gasteiger partial charge in [0.25, 0.3) is 0 Å². The Kier molecular flexibility index (Phi) is 6.71. The maximum atomic E-state index is 12.2. The van der Waals surface area contributed by atoms with Crippen molar-refractivity contribution in [3.05, 3.63) is 34.3 Å². The first-order chi connectivity index (χ1) is 10.1. The second-order valence-electron chi connectivity index (χ2n) is 5.88. The summed E-state index contributed by atoms with van der Waals surface area (Å²) in [6.45, 7) is 4.68. The van der Waals surface area contributed by atoms with Crippen LogP contribution in [0.25, 0.3) is 0 Å². The molecule has 1 fully saturated rings. The van der Waals surface area contributed by atoms with E-state index in [2.05, 4.69) is 26.1 Å². The first-order valence-corrected chi connectivity index (χ1v) is 8.71. The number of rotatable bonds is 4. The second-order valence-corrected chi connectivity index (χ2v) is 6.80. The van der Waals surface area contributed by atoms with Crippen LogP contribution in [0, 0.1) is 0 Å². The minimum Gasteiger partial charge on any atom is -0.348 e. The summed E-state index contributed by atoms with van der Waals surface area (Å²) in [5.41, 5.74) is 1.14. The number of hydrogen-bond donors (Lipinski definition) is 1. The molecule has 1 atom stereocenters. The zero-order chi connectivity index (χ0) is 15.1. The lowest BCUT2D eigenvalue weighted by Crippen LogP contribution is -2.39. The van der Waals surface area contributed by atoms with E-state index in [9.17, 15) is 4.79 Å². The molecule has 0 spiro atoms. The third-order valence-electron chi connectivity index (χ3n) is 4.06. The third-order valence-corrected chi connectivity index (χ3v) is 4.59. The molecular weight excluding hydrogens is 328 g/mol. The SMILES string of the molecule is CC(NC(=O)CN1CCCCCCC1)c1ccc(Br)cc1. The van der Waals surface area contributed by atoms with Crippen LogP contribution in [0.2, 0.25) is 0 Å². The molecule has 21 heavy (non-hydrogen) atoms. The molecule has 0 aliphatic carbocycles. The molecule has 2 rings (SSSR count). The summed E-state index contributed by atoms with van der Waals surface area (Å²) in [4.78, 5) is 14.5. The van der Waals surface area contributed by atoms with E-state index < -0.39 is 0 Å². The Morgan fingerprint density at radius 2 is 1.71 bits per heavy atom. The average molecular weight is 353 g/mol. The molecule has 116 valence electrons. The van der Waals surface area contributed by atoms with Crippen molar-refractivity contribution in [3.8, 4) is 0 Å². The molecule has 1 aliphatic heterocycles. The van der Waals surface area contributed by atoms with Crippen molar-refractivity contribution < 1.29 is 4.79 Å². The number of nitrogens with one attached hydrogen (secondary N) is 1. The van der Waals surface area contributed by atoms with E-state index in [0.717, 1.165) is 23.1 Å². The number of amides is 1. The molecule has 1 heterocycles. The number of halogens is 1. The normalized spacial score (nSPS) is 18.6. The Bertz CT molecular complexity index is 439. The monoisotopic (exact) mass is 352 g/mol. The molecule has 1 aliphatic rings. The first-order valence-electron chi connectivity index (χ1n) is 7.92. The van der Waals surface area contributed by atoms with Gasteiger partial charge in [0.05, 0.1) is 12.6 Å². The fraction of sp³-hybridized carbons (Fsp3) is 0.588. The van der Waals surface area contributed by atoms with Gasteiger partial charge in [-0.05, 0) is 50.6 Å². The van der Waals surface area contributed by atoms with Crippen LogP contribution < -0.4 is 5.32 Å². The van der Waals surface area contributed by atoms with Crippen molar-refractivity contribution in [2.75, 3.05) is 19.6 Å². The van der Waals surface area contributed by atoms with Crippen LogP contribution in [0.4, 0.5) is 0 Å². The fourth-order valence-corrected chi connectivity index (χ4v) is 3.06. The molecule has 1 amide bonds. The predicted molar refractivity (Wildman–Crippen MR) is 90.2 cm³/mol. The zero-order valence-electron chi connectivity index (χ0n) is 12.8. The number of likely N-dealkylation sites (tertiary alicyclic amines) is 1. The molecule has 0 saturated carbocycles. The summed E-state index contributed by atoms with van der Waals surface area (Å²) >= 11 is 3.43. The van der Waals surface area contributed by atoms with Crippen molar-refractivity contribution in [1.29, 1.82) is 0 Å². The van der Waals surface area contributed by atoms with Gasteiger partial charge < -0.3 is 5.32 Å². The topological polar surface area (TPSA) is 32.3 Å². The van der Waals surface area contributed by atoms with Crippen molar-refractivity contribution >= 4 is 21.8 Å². The second kappa shape index (κ2) is 8.54. The lowest BCUT2D eigenvalue weighted by Gasteiger charge is -2.24. The van der Waals surface area contributed by atoms with Crippen LogP contribution in [0.5, 0.6) is 0 Å². The van der Waals surface area contributed by atoms with Gasteiger partial charge >= 0.3 is 0 Å². The van der Waals surface area contributed by atoms with Crippen molar-refractivity contribution in [1.82, 2.24) is 10.2 Å². The third kappa shape index (κ3) is 5.79. The lowest BCUT2D eigenvalue weighted by molar-refractivity contribution is -0.123. The van der Waals surface area contributed by atoms with Crippen LogP contribution in [0.3, 0.4) is 0 Å². The van der Waals surface area contributed by atoms with Gasteiger partial charge in [-0.1, -0.05) is 47.3 Å². The van der Waals surface area contributed by atoms with Crippen molar-refractivity contribution in [2.24, 2.45) is 0 Å². The Hall–Kier alpha value is -0.870. The van der Waals surface area contributed by atoms with Crippen LogP contribution in [-0.2, 0) is 4.79 Å². The summed E-state index contributed by atoms with van der Waals surface area (Å²) in [6, 6.07) is 8.17. The smallest absolute Gasteiger partial charge is 0.234 e. The van der Waals surface area contributed by atoms with Gasteiger partial charge in [0, 0.05) is 4.47 Å². The number of benzene rings is 1. The quantitative estimate of drug-likeness (QED) is 0.891. The summed E-state index contributed by atoms with van der Waals surface area (Å²) in [5, 5.41) is 3.10. The highest BCUT2D eigenvalue weighted by Crippen LogP contribution is 2.16. The lowest BCUT2D eigenvalue weighted by atomic mass is 10.1. The van der Waals surface area contributed by atoms with Crippen LogP contribution in [0.15, 0.2) is 28.7 Å². The van der Waals surface area contributed by atoms with Gasteiger partial charge in [-0.3, -0.25) is 9.69 Å². The molecule has 1 N–H and O–H groups in total. The molecule has 0 bridgehead atoms. The van der Waals surface area contributed by atoms with Gasteiger partial charge in [0.2, 0.25) is 5.91 Å². The highest BCUT2D eigenvalue weighted by Gasteiger charge is 2.14. The highest BCUT2D eigenvalue weighted by molar-refractivity contribution is 9.10. The van der Waals surface area contributed by atoms with E-state index in [0.29, 0.717) is 6.54 Å². The molecule has 1 aromatic carbocycles. The minimum absolute atomic E-state index is 0.0559. The fourth-order valence-electron chi connectivity index (χ4n) is 2.80. The van der Waals surface area contributed by atoms with Gasteiger partial charge in [-0.15, -0.1) is 0 Å². The van der Waals surface area contributed by atoms with E-state index in [-0.39, 0.29) is 11.9 Å². The van der Waals surface area contributed by atoms with Crippen LogP contribution >= 0.6 is 15.9 Å². The van der Waals surface area contributed by atoms with Gasteiger partial charge in [0.1, 0.15) is 0 Å². The molecule has 1 unspecified atom stereocenters. The zero-order valence-corrected chi connectivity index (χ0v) is 14.4. The summed E-state index contributed by atoms with van der Waals surface area (Å²) in [6.07, 6.45) is 6.38. The molecule has 1 aromatic rings. The van der Waals surface area contributed by atoms with Crippen LogP contribution in [0.1, 0.15) is 50.6 Å². The number of nitrogens with zero attached hydrogens (tertiary/aromatic N) is 1. The van der Waals surface area contributed by atoms with E-state index in [4.69, 9.17) is 0 Å². The van der Waals surface area contributed by atoms with E-state index in [1.807, 2.05) is 31.2 Å². The average Bonchev–Trinajstić information content (AvgIpc) is 2.42. The molecule has 0 radical (unpaired) electrons. The Morgan fingerprint density at radius 3 is 2.33 bits per heavy atom. The molecule has 1 saturated heterocycles. The molecule has 4 heteroatoms. The standard InChI is InChI=1S/C17H25BrN2O/c1-14(15-7-9-16(18)10-8-15)19-17(21)13-20-11-5-3-2-4-6-12-20/h7-10,14H,2-6,11-13H2,1H3,(H,19,21). The molecule has 3 nitrogen and oxygen atoms in total. The Labute approximate surface area is 136 Å². The maximum Gasteiger partial charge on any atom is 0.234 e. The number of carbonyl (C=O) groups is 1. The van der Waals surface area contributed by atoms with E-state index >= 15 is 0 Å². The van der Waals surface area contributed by atoms with Crippen LogP contribution in [-0.4, -0.2) is 30.4 Å². The van der Waals surface area contributed by atoms with Gasteiger partial charge in [-0.25, -0.2) is 0 Å². The van der Waals surface area contributed by atoms with E-state index in [1.54, 1.807) is 0 Å². The largest absolute Gasteiger partial charge is 0.348 e. The summed E-state index contributed by atoms with van der Waals surface area (Å²) in [7, 11) is 0. The maximum absolute atomic E-state index is 12.2. The molecule has 0 aromatic heterocycles. The van der Waals surface area contributed by atoms with Crippen molar-refractivity contribution in [2.45, 2.75) is 45.1 Å². The van der Waals surface area contributed by atoms with Crippen molar-refractivity contribution in [3.63, 3.8) is 0 Å². The Morgan fingerprint density at radius 1 is 1.14 bits per heavy atom. The number of hydrogen-bond acceptors (Lipinski definition) is 2. The van der Waals surface area contributed by atoms with E-state index in [1.165, 1.54) is 32.1 Å².